The first-order chi connectivity index (χ1) is 8.76. The van der Waals surface area contributed by atoms with Crippen molar-refractivity contribution in [1.82, 2.24) is 0 Å². The van der Waals surface area contributed by atoms with E-state index in [0.29, 0.717) is 6.10 Å². The van der Waals surface area contributed by atoms with Crippen molar-refractivity contribution in [2.75, 3.05) is 11.9 Å². The smallest absolute Gasteiger partial charge is 0.0756 e. The third kappa shape index (κ3) is 2.65. The Morgan fingerprint density at radius 3 is 2.89 bits per heavy atom. The van der Waals surface area contributed by atoms with Gasteiger partial charge in [0.15, 0.2) is 0 Å². The van der Waals surface area contributed by atoms with Crippen molar-refractivity contribution in [1.29, 1.82) is 0 Å². The summed E-state index contributed by atoms with van der Waals surface area (Å²) in [7, 11) is 0. The van der Waals surface area contributed by atoms with Gasteiger partial charge in [0, 0.05) is 17.3 Å². The molecule has 0 aromatic heterocycles. The molecule has 2 nitrogen and oxygen atoms in total. The largest absolute Gasteiger partial charge is 0.382 e. The van der Waals surface area contributed by atoms with Gasteiger partial charge in [-0.25, -0.2) is 0 Å². The molecule has 3 rings (SSSR count). The lowest BCUT2D eigenvalue weighted by Gasteiger charge is -2.24. The molecule has 1 aliphatic heterocycles. The lowest BCUT2D eigenvalue weighted by atomic mass is 9.98. The van der Waals surface area contributed by atoms with Crippen LogP contribution in [0.5, 0.6) is 0 Å². The van der Waals surface area contributed by atoms with Crippen LogP contribution in [0.1, 0.15) is 38.5 Å². The van der Waals surface area contributed by atoms with Crippen LogP contribution >= 0.6 is 11.6 Å². The van der Waals surface area contributed by atoms with Crippen molar-refractivity contribution in [3.63, 3.8) is 0 Å². The second-order valence-corrected chi connectivity index (χ2v) is 6.00. The standard InChI is InChI=1S/C15H20ClNO/c16-12-4-3-5-13(10-12)17-11-14-6-9-15(18-14)7-1-2-8-15/h3-5,10,14,17H,1-2,6-9,11H2. The van der Waals surface area contributed by atoms with Crippen LogP contribution in [0.15, 0.2) is 24.3 Å². The summed E-state index contributed by atoms with van der Waals surface area (Å²) in [6.45, 7) is 0.891. The number of rotatable bonds is 3. The van der Waals surface area contributed by atoms with Crippen LogP contribution in [-0.4, -0.2) is 18.2 Å². The maximum absolute atomic E-state index is 6.27. The Hall–Kier alpha value is -0.730. The number of nitrogens with one attached hydrogen (secondary N) is 1. The van der Waals surface area contributed by atoms with Crippen molar-refractivity contribution in [3.05, 3.63) is 29.3 Å². The minimum absolute atomic E-state index is 0.237. The van der Waals surface area contributed by atoms with Gasteiger partial charge in [-0.05, 0) is 43.9 Å². The normalized spacial score (nSPS) is 25.7. The van der Waals surface area contributed by atoms with Crippen LogP contribution in [-0.2, 0) is 4.74 Å². The average molecular weight is 266 g/mol. The van der Waals surface area contributed by atoms with E-state index in [1.165, 1.54) is 38.5 Å². The number of hydrogen-bond donors (Lipinski definition) is 1. The topological polar surface area (TPSA) is 21.3 Å². The van der Waals surface area contributed by atoms with Gasteiger partial charge in [0.1, 0.15) is 0 Å². The Labute approximate surface area is 114 Å². The fraction of sp³-hybridized carbons (Fsp3) is 0.600. The minimum Gasteiger partial charge on any atom is -0.382 e. The molecule has 18 heavy (non-hydrogen) atoms. The third-order valence-electron chi connectivity index (χ3n) is 4.21. The van der Waals surface area contributed by atoms with E-state index in [0.717, 1.165) is 17.3 Å². The van der Waals surface area contributed by atoms with Crippen molar-refractivity contribution in [2.24, 2.45) is 0 Å². The van der Waals surface area contributed by atoms with Crippen LogP contribution in [0.3, 0.4) is 0 Å². The fourth-order valence-corrected chi connectivity index (χ4v) is 3.45. The summed E-state index contributed by atoms with van der Waals surface area (Å²) in [5.74, 6) is 0. The molecular weight excluding hydrogens is 246 g/mol. The number of hydrogen-bond acceptors (Lipinski definition) is 2. The van der Waals surface area contributed by atoms with Gasteiger partial charge in [-0.1, -0.05) is 30.5 Å². The van der Waals surface area contributed by atoms with Gasteiger partial charge in [0.05, 0.1) is 11.7 Å². The molecule has 1 aromatic carbocycles. The first-order valence-electron chi connectivity index (χ1n) is 6.93. The molecule has 1 aromatic rings. The molecule has 3 heteroatoms. The maximum atomic E-state index is 6.27. The zero-order valence-corrected chi connectivity index (χ0v) is 11.4. The summed E-state index contributed by atoms with van der Waals surface area (Å²) in [6.07, 6.45) is 8.01. The van der Waals surface area contributed by atoms with Crippen molar-refractivity contribution in [2.45, 2.75) is 50.2 Å². The highest BCUT2D eigenvalue weighted by Gasteiger charge is 2.41. The quantitative estimate of drug-likeness (QED) is 0.882. The molecule has 1 saturated carbocycles. The molecule has 2 fully saturated rings. The van der Waals surface area contributed by atoms with Gasteiger partial charge in [-0.15, -0.1) is 0 Å². The number of ether oxygens (including phenoxy) is 1. The van der Waals surface area contributed by atoms with Crippen LogP contribution in [0, 0.1) is 0 Å². The van der Waals surface area contributed by atoms with Crippen molar-refractivity contribution >= 4 is 17.3 Å². The lowest BCUT2D eigenvalue weighted by Crippen LogP contribution is -2.27. The van der Waals surface area contributed by atoms with E-state index in [9.17, 15) is 0 Å². The van der Waals surface area contributed by atoms with E-state index in [4.69, 9.17) is 16.3 Å². The Bertz CT molecular complexity index is 415. The van der Waals surface area contributed by atoms with Gasteiger partial charge in [0.2, 0.25) is 0 Å². The molecule has 0 amide bonds. The lowest BCUT2D eigenvalue weighted by molar-refractivity contribution is -0.0307. The molecular formula is C15H20ClNO. The predicted octanol–water partition coefficient (Wildman–Crippen LogP) is 4.24. The molecule has 1 atom stereocenters. The third-order valence-corrected chi connectivity index (χ3v) is 4.45. The summed E-state index contributed by atoms with van der Waals surface area (Å²) in [4.78, 5) is 0. The van der Waals surface area contributed by atoms with Gasteiger partial charge in [0.25, 0.3) is 0 Å². The summed E-state index contributed by atoms with van der Waals surface area (Å²) in [6, 6.07) is 7.87. The first kappa shape index (κ1) is 12.3. The SMILES string of the molecule is Clc1cccc(NCC2CCC3(CCCC3)O2)c1. The van der Waals surface area contributed by atoms with Crippen LogP contribution in [0.2, 0.25) is 5.02 Å². The Morgan fingerprint density at radius 2 is 2.11 bits per heavy atom. The summed E-state index contributed by atoms with van der Waals surface area (Å²) < 4.78 is 6.27. The highest BCUT2D eigenvalue weighted by Crippen LogP contribution is 2.43. The van der Waals surface area contributed by atoms with Gasteiger partial charge in [-0.2, -0.15) is 0 Å². The zero-order chi connectivity index (χ0) is 12.4. The van der Waals surface area contributed by atoms with E-state index in [2.05, 4.69) is 5.32 Å². The van der Waals surface area contributed by atoms with Crippen LogP contribution in [0.25, 0.3) is 0 Å². The molecule has 1 spiro atoms. The van der Waals surface area contributed by atoms with E-state index < -0.39 is 0 Å². The second-order valence-electron chi connectivity index (χ2n) is 5.56. The van der Waals surface area contributed by atoms with Gasteiger partial charge >= 0.3 is 0 Å². The molecule has 1 N–H and O–H groups in total. The molecule has 1 unspecified atom stereocenters. The summed E-state index contributed by atoms with van der Waals surface area (Å²) in [5, 5.41) is 4.20. The second kappa shape index (κ2) is 5.10. The first-order valence-corrected chi connectivity index (χ1v) is 7.31. The molecule has 1 saturated heterocycles. The molecule has 98 valence electrons. The minimum atomic E-state index is 0.237. The van der Waals surface area contributed by atoms with Crippen molar-refractivity contribution in [3.8, 4) is 0 Å². The predicted molar refractivity (Wildman–Crippen MR) is 75.2 cm³/mol. The maximum Gasteiger partial charge on any atom is 0.0756 e. The van der Waals surface area contributed by atoms with E-state index >= 15 is 0 Å². The summed E-state index contributed by atoms with van der Waals surface area (Å²) in [5.41, 5.74) is 1.32. The monoisotopic (exact) mass is 265 g/mol. The molecule has 1 aliphatic carbocycles. The van der Waals surface area contributed by atoms with Crippen LogP contribution in [0.4, 0.5) is 5.69 Å². The van der Waals surface area contributed by atoms with Crippen molar-refractivity contribution < 1.29 is 4.74 Å². The number of benzene rings is 1. The highest BCUT2D eigenvalue weighted by atomic mass is 35.5. The number of anilines is 1. The molecule has 0 radical (unpaired) electrons. The Morgan fingerprint density at radius 1 is 1.28 bits per heavy atom. The zero-order valence-electron chi connectivity index (χ0n) is 10.6. The highest BCUT2D eigenvalue weighted by molar-refractivity contribution is 6.30. The average Bonchev–Trinajstić information content (AvgIpc) is 2.98. The van der Waals surface area contributed by atoms with Gasteiger partial charge in [-0.3, -0.25) is 0 Å². The van der Waals surface area contributed by atoms with Crippen LogP contribution < -0.4 is 5.32 Å². The molecule has 0 bridgehead atoms. The molecule has 1 heterocycles. The Kier molecular flexibility index (Phi) is 3.49. The summed E-state index contributed by atoms with van der Waals surface area (Å²) >= 11 is 5.97. The van der Waals surface area contributed by atoms with E-state index in [1.807, 2.05) is 24.3 Å². The van der Waals surface area contributed by atoms with E-state index in [1.54, 1.807) is 0 Å². The number of halogens is 1. The Balaban J connectivity index is 1.52. The van der Waals surface area contributed by atoms with E-state index in [-0.39, 0.29) is 5.60 Å². The van der Waals surface area contributed by atoms with Gasteiger partial charge < -0.3 is 10.1 Å². The molecule has 2 aliphatic rings. The fourth-order valence-electron chi connectivity index (χ4n) is 3.26.